The molecule has 2 heterocycles. The topological polar surface area (TPSA) is 108 Å². The van der Waals surface area contributed by atoms with Crippen LogP contribution in [0, 0.1) is 6.92 Å². The number of carbonyl (C=O) groups excluding carboxylic acids is 1. The zero-order valence-corrected chi connectivity index (χ0v) is 16.2. The number of amidine groups is 1. The number of fused-ring (bicyclic) bond motifs is 2. The monoisotopic (exact) mass is 397 g/mol. The minimum absolute atomic E-state index is 0.0258. The average molecular weight is 397 g/mol. The maximum absolute atomic E-state index is 12.3. The Morgan fingerprint density at radius 2 is 2.00 bits per heavy atom. The normalized spacial score (nSPS) is 14.6. The second-order valence-electron chi connectivity index (χ2n) is 6.72. The summed E-state index contributed by atoms with van der Waals surface area (Å²) >= 11 is 0. The first-order valence-corrected chi connectivity index (χ1v) is 10.1. The molecule has 0 unspecified atom stereocenters. The molecule has 8 nitrogen and oxygen atoms in total. The van der Waals surface area contributed by atoms with Gasteiger partial charge in [-0.3, -0.25) is 4.79 Å². The van der Waals surface area contributed by atoms with Gasteiger partial charge in [-0.2, -0.15) is 8.42 Å². The fraction of sp³-hybridized carbons (Fsp3) is 0.211. The van der Waals surface area contributed by atoms with Crippen LogP contribution in [0.3, 0.4) is 0 Å². The van der Waals surface area contributed by atoms with E-state index in [0.29, 0.717) is 11.4 Å². The maximum Gasteiger partial charge on any atom is 0.285 e. The van der Waals surface area contributed by atoms with E-state index in [9.17, 15) is 13.2 Å². The zero-order valence-electron chi connectivity index (χ0n) is 15.4. The number of nitrogens with one attached hydrogen (secondary N) is 2. The molecule has 0 fully saturated rings. The van der Waals surface area contributed by atoms with Crippen molar-refractivity contribution in [3.63, 3.8) is 0 Å². The smallest absolute Gasteiger partial charge is 0.285 e. The molecule has 1 aliphatic rings. The lowest BCUT2D eigenvalue weighted by atomic mass is 10.2. The number of hydrogen-bond donors (Lipinski definition) is 2. The van der Waals surface area contributed by atoms with Gasteiger partial charge in [-0.1, -0.05) is 18.2 Å². The van der Waals surface area contributed by atoms with Gasteiger partial charge in [-0.25, -0.2) is 4.98 Å². The van der Waals surface area contributed by atoms with E-state index in [2.05, 4.69) is 19.7 Å². The van der Waals surface area contributed by atoms with Gasteiger partial charge < -0.3 is 15.2 Å². The minimum atomic E-state index is -3.71. The number of benzene rings is 2. The number of amides is 1. The predicted octanol–water partition coefficient (Wildman–Crippen LogP) is 1.57. The summed E-state index contributed by atoms with van der Waals surface area (Å²) in [5, 5.41) is 2.79. The molecule has 0 saturated carbocycles. The van der Waals surface area contributed by atoms with Crippen molar-refractivity contribution in [2.24, 2.45) is 4.40 Å². The number of H-pyrrole nitrogens is 1. The van der Waals surface area contributed by atoms with Crippen LogP contribution in [0.4, 0.5) is 0 Å². The molecular weight excluding hydrogens is 378 g/mol. The highest BCUT2D eigenvalue weighted by Gasteiger charge is 2.30. The van der Waals surface area contributed by atoms with Crippen LogP contribution >= 0.6 is 0 Å². The van der Waals surface area contributed by atoms with Crippen LogP contribution in [0.5, 0.6) is 0 Å². The maximum atomic E-state index is 12.3. The number of nitrogens with zero attached hydrogens (tertiary/aromatic N) is 3. The second kappa shape index (κ2) is 6.75. The third kappa shape index (κ3) is 3.36. The van der Waals surface area contributed by atoms with Crippen LogP contribution in [0.1, 0.15) is 17.0 Å². The highest BCUT2D eigenvalue weighted by Crippen LogP contribution is 2.26. The van der Waals surface area contributed by atoms with E-state index in [1.54, 1.807) is 25.2 Å². The van der Waals surface area contributed by atoms with Crippen LogP contribution in [-0.4, -0.2) is 48.6 Å². The van der Waals surface area contributed by atoms with Crippen molar-refractivity contribution in [1.29, 1.82) is 0 Å². The molecular formula is C19H19N5O3S. The third-order valence-corrected chi connectivity index (χ3v) is 5.82. The molecule has 28 heavy (non-hydrogen) atoms. The Labute approximate surface area is 162 Å². The van der Waals surface area contributed by atoms with Crippen molar-refractivity contribution in [1.82, 2.24) is 20.2 Å². The summed E-state index contributed by atoms with van der Waals surface area (Å²) in [6.07, 6.45) is 0. The molecule has 0 bridgehead atoms. The molecule has 0 aliphatic carbocycles. The summed E-state index contributed by atoms with van der Waals surface area (Å²) in [7, 11) is -2.07. The van der Waals surface area contributed by atoms with Crippen molar-refractivity contribution >= 4 is 32.8 Å². The highest BCUT2D eigenvalue weighted by atomic mass is 32.2. The summed E-state index contributed by atoms with van der Waals surface area (Å²) in [6, 6.07) is 12.5. The number of aromatic nitrogens is 2. The lowest BCUT2D eigenvalue weighted by molar-refractivity contribution is -0.121. The molecule has 2 N–H and O–H groups in total. The average Bonchev–Trinajstić information content (AvgIpc) is 3.18. The molecule has 9 heteroatoms. The second-order valence-corrected chi connectivity index (χ2v) is 8.30. The van der Waals surface area contributed by atoms with Gasteiger partial charge in [-0.15, -0.1) is 4.40 Å². The SMILES string of the molecule is Cc1ccc2nc(CNC(=O)CN(C)C3=NS(=O)(=O)c4ccccc43)[nH]c2c1. The Morgan fingerprint density at radius 1 is 1.21 bits per heavy atom. The fourth-order valence-corrected chi connectivity index (χ4v) is 4.40. The molecule has 144 valence electrons. The van der Waals surface area contributed by atoms with Crippen LogP contribution < -0.4 is 5.32 Å². The summed E-state index contributed by atoms with van der Waals surface area (Å²) in [6.45, 7) is 2.23. The molecule has 0 radical (unpaired) electrons. The molecule has 1 aromatic heterocycles. The Hall–Kier alpha value is -3.20. The summed E-state index contributed by atoms with van der Waals surface area (Å²) in [5.41, 5.74) is 3.39. The number of aromatic amines is 1. The lowest BCUT2D eigenvalue weighted by Crippen LogP contribution is -2.38. The van der Waals surface area contributed by atoms with E-state index in [0.717, 1.165) is 16.6 Å². The van der Waals surface area contributed by atoms with Crippen molar-refractivity contribution in [3.05, 3.63) is 59.4 Å². The Balaban J connectivity index is 1.42. The number of imidazole rings is 1. The number of likely N-dealkylation sites (N-methyl/N-ethyl adjacent to an activating group) is 1. The Kier molecular flexibility index (Phi) is 4.38. The van der Waals surface area contributed by atoms with Gasteiger partial charge in [0.2, 0.25) is 5.91 Å². The van der Waals surface area contributed by atoms with Crippen LogP contribution in [0.2, 0.25) is 0 Å². The van der Waals surface area contributed by atoms with Gasteiger partial charge in [0.05, 0.1) is 24.1 Å². The van der Waals surface area contributed by atoms with Gasteiger partial charge in [0, 0.05) is 12.6 Å². The van der Waals surface area contributed by atoms with E-state index in [1.165, 1.54) is 11.0 Å². The van der Waals surface area contributed by atoms with Crippen molar-refractivity contribution in [3.8, 4) is 0 Å². The standard InChI is InChI=1S/C19H19N5O3S/c1-12-7-8-14-15(9-12)22-17(21-14)10-20-18(25)11-24(2)19-13-5-3-4-6-16(13)28(26,27)23-19/h3-9H,10-11H2,1-2H3,(H,20,25)(H,21,22). The Bertz CT molecular complexity index is 1210. The van der Waals surface area contributed by atoms with Gasteiger partial charge >= 0.3 is 0 Å². The molecule has 0 saturated heterocycles. The van der Waals surface area contributed by atoms with Crippen LogP contribution in [-0.2, 0) is 21.4 Å². The largest absolute Gasteiger partial charge is 0.349 e. The number of aryl methyl sites for hydroxylation is 1. The third-order valence-electron chi connectivity index (χ3n) is 4.49. The van der Waals surface area contributed by atoms with Gasteiger partial charge in [0.1, 0.15) is 10.7 Å². The molecule has 2 aromatic carbocycles. The van der Waals surface area contributed by atoms with E-state index in [4.69, 9.17) is 0 Å². The molecule has 1 amide bonds. The minimum Gasteiger partial charge on any atom is -0.349 e. The van der Waals surface area contributed by atoms with Gasteiger partial charge in [-0.05, 0) is 36.8 Å². The van der Waals surface area contributed by atoms with Gasteiger partial charge in [0.25, 0.3) is 10.0 Å². The molecule has 3 aromatic rings. The first-order valence-electron chi connectivity index (χ1n) is 8.71. The first-order chi connectivity index (χ1) is 13.3. The van der Waals surface area contributed by atoms with Crippen LogP contribution in [0.25, 0.3) is 11.0 Å². The quantitative estimate of drug-likeness (QED) is 0.695. The lowest BCUT2D eigenvalue weighted by Gasteiger charge is -2.18. The van der Waals surface area contributed by atoms with Crippen molar-refractivity contribution < 1.29 is 13.2 Å². The van der Waals surface area contributed by atoms with Crippen molar-refractivity contribution in [2.75, 3.05) is 13.6 Å². The molecule has 0 spiro atoms. The van der Waals surface area contributed by atoms with E-state index < -0.39 is 10.0 Å². The number of carbonyl (C=O) groups is 1. The van der Waals surface area contributed by atoms with E-state index >= 15 is 0 Å². The summed E-state index contributed by atoms with van der Waals surface area (Å²) in [5.74, 6) is 0.663. The van der Waals surface area contributed by atoms with Crippen LogP contribution in [0.15, 0.2) is 51.8 Å². The van der Waals surface area contributed by atoms with E-state index in [1.807, 2.05) is 25.1 Å². The summed E-state index contributed by atoms with van der Waals surface area (Å²) in [4.78, 5) is 21.6. The van der Waals surface area contributed by atoms with Gasteiger partial charge in [0.15, 0.2) is 5.84 Å². The Morgan fingerprint density at radius 3 is 2.82 bits per heavy atom. The molecule has 1 aliphatic heterocycles. The number of rotatable bonds is 4. The molecule has 4 rings (SSSR count). The van der Waals surface area contributed by atoms with Crippen molar-refractivity contribution in [2.45, 2.75) is 18.4 Å². The summed E-state index contributed by atoms with van der Waals surface area (Å²) < 4.78 is 28.1. The number of sulfonamides is 1. The zero-order chi connectivity index (χ0) is 19.9. The highest BCUT2D eigenvalue weighted by molar-refractivity contribution is 7.90. The first kappa shape index (κ1) is 18.2. The molecule has 0 atom stereocenters. The van der Waals surface area contributed by atoms with E-state index in [-0.39, 0.29) is 29.7 Å². The fourth-order valence-electron chi connectivity index (χ4n) is 3.15. The number of hydrogen-bond acceptors (Lipinski definition) is 5. The predicted molar refractivity (Wildman–Crippen MR) is 105 cm³/mol.